The quantitative estimate of drug-likeness (QED) is 0.622. The van der Waals surface area contributed by atoms with Gasteiger partial charge in [0.15, 0.2) is 0 Å². The van der Waals surface area contributed by atoms with Crippen LogP contribution in [0.3, 0.4) is 0 Å². The Labute approximate surface area is 83.3 Å². The van der Waals surface area contributed by atoms with Crippen molar-refractivity contribution in [2.24, 2.45) is 0 Å². The molecule has 0 saturated carbocycles. The fourth-order valence-corrected chi connectivity index (χ4v) is 1.43. The zero-order chi connectivity index (χ0) is 10.6. The lowest BCUT2D eigenvalue weighted by Gasteiger charge is -2.17. The molecular weight excluding hydrogens is 180 g/mol. The van der Waals surface area contributed by atoms with Crippen LogP contribution in [-0.4, -0.2) is 16.8 Å². The molecule has 0 fully saturated rings. The molecule has 0 saturated heterocycles. The summed E-state index contributed by atoms with van der Waals surface area (Å²) >= 11 is 0. The van der Waals surface area contributed by atoms with Gasteiger partial charge in [-0.25, -0.2) is 0 Å². The van der Waals surface area contributed by atoms with Crippen molar-refractivity contribution < 1.29 is 14.9 Å². The Hall–Kier alpha value is -1.64. The number of aromatic hydroxyl groups is 2. The van der Waals surface area contributed by atoms with Crippen molar-refractivity contribution in [1.82, 2.24) is 0 Å². The van der Waals surface area contributed by atoms with E-state index in [0.717, 1.165) is 18.4 Å². The number of ether oxygens (including phenoxy) is 1. The lowest BCUT2D eigenvalue weighted by Crippen LogP contribution is -2.07. The predicted octanol–water partition coefficient (Wildman–Crippen LogP) is 2.22. The highest BCUT2D eigenvalue weighted by atomic mass is 16.5. The first-order chi connectivity index (χ1) is 6.77. The number of fused-ring (bicyclic) bond motifs is 1. The van der Waals surface area contributed by atoms with Crippen molar-refractivity contribution >= 4 is 0 Å². The maximum absolute atomic E-state index is 9.40. The molecule has 0 atom stereocenters. The van der Waals surface area contributed by atoms with Crippen molar-refractivity contribution in [3.05, 3.63) is 30.9 Å². The van der Waals surface area contributed by atoms with E-state index in [4.69, 9.17) is 9.84 Å². The summed E-state index contributed by atoms with van der Waals surface area (Å²) in [6.45, 7) is 6.66. The van der Waals surface area contributed by atoms with E-state index in [0.29, 0.717) is 12.4 Å². The first-order valence-corrected chi connectivity index (χ1v) is 4.45. The van der Waals surface area contributed by atoms with Crippen LogP contribution >= 0.6 is 0 Å². The van der Waals surface area contributed by atoms with Crippen LogP contribution in [0.4, 0.5) is 0 Å². The zero-order valence-corrected chi connectivity index (χ0v) is 7.99. The first-order valence-electron chi connectivity index (χ1n) is 4.45. The summed E-state index contributed by atoms with van der Waals surface area (Å²) < 4.78 is 5.27. The monoisotopic (exact) mass is 194 g/mol. The van der Waals surface area contributed by atoms with Gasteiger partial charge in [-0.15, -0.1) is 13.2 Å². The second kappa shape index (κ2) is 4.56. The summed E-state index contributed by atoms with van der Waals surface area (Å²) in [7, 11) is 0. The van der Waals surface area contributed by atoms with Crippen LogP contribution in [0.25, 0.3) is 0 Å². The van der Waals surface area contributed by atoms with E-state index in [-0.39, 0.29) is 11.5 Å². The van der Waals surface area contributed by atoms with Gasteiger partial charge in [-0.1, -0.05) is 0 Å². The third kappa shape index (κ3) is 1.99. The van der Waals surface area contributed by atoms with Crippen molar-refractivity contribution in [3.63, 3.8) is 0 Å². The van der Waals surface area contributed by atoms with Crippen LogP contribution < -0.4 is 4.74 Å². The molecule has 2 rings (SSSR count). The molecule has 1 aliphatic rings. The molecular formula is C11H14O3. The van der Waals surface area contributed by atoms with Crippen molar-refractivity contribution in [2.75, 3.05) is 6.61 Å². The maximum atomic E-state index is 9.40. The van der Waals surface area contributed by atoms with Gasteiger partial charge in [0.05, 0.1) is 6.61 Å². The van der Waals surface area contributed by atoms with E-state index in [2.05, 4.69) is 13.2 Å². The summed E-state index contributed by atoms with van der Waals surface area (Å²) in [5.41, 5.74) is 0.805. The highest BCUT2D eigenvalue weighted by molar-refractivity contribution is 5.50. The molecule has 0 radical (unpaired) electrons. The van der Waals surface area contributed by atoms with E-state index in [9.17, 15) is 5.11 Å². The van der Waals surface area contributed by atoms with E-state index in [1.807, 2.05) is 0 Å². The van der Waals surface area contributed by atoms with Gasteiger partial charge >= 0.3 is 0 Å². The number of benzene rings is 1. The van der Waals surface area contributed by atoms with Gasteiger partial charge in [-0.05, 0) is 12.8 Å². The average molecular weight is 194 g/mol. The van der Waals surface area contributed by atoms with E-state index in [1.165, 1.54) is 12.1 Å². The largest absolute Gasteiger partial charge is 0.508 e. The van der Waals surface area contributed by atoms with Crippen molar-refractivity contribution in [3.8, 4) is 17.2 Å². The maximum Gasteiger partial charge on any atom is 0.129 e. The third-order valence-corrected chi connectivity index (χ3v) is 2.00. The van der Waals surface area contributed by atoms with Crippen LogP contribution in [0.15, 0.2) is 25.3 Å². The Morgan fingerprint density at radius 2 is 1.93 bits per heavy atom. The minimum absolute atomic E-state index is 0.0492. The second-order valence-electron chi connectivity index (χ2n) is 2.89. The normalized spacial score (nSPS) is 13.1. The molecule has 0 aliphatic carbocycles. The summed E-state index contributed by atoms with van der Waals surface area (Å²) in [4.78, 5) is 0. The molecule has 0 spiro atoms. The van der Waals surface area contributed by atoms with E-state index >= 15 is 0 Å². The van der Waals surface area contributed by atoms with Crippen LogP contribution in [0.2, 0.25) is 0 Å². The number of phenolic OH excluding ortho intramolecular Hbond substituents is 2. The van der Waals surface area contributed by atoms with Gasteiger partial charge < -0.3 is 14.9 Å². The summed E-state index contributed by atoms with van der Waals surface area (Å²) in [5, 5.41) is 18.5. The number of hydrogen-bond donors (Lipinski definition) is 2. The molecule has 0 unspecified atom stereocenters. The Morgan fingerprint density at radius 1 is 1.21 bits per heavy atom. The van der Waals surface area contributed by atoms with Crippen LogP contribution in [0.1, 0.15) is 12.0 Å². The van der Waals surface area contributed by atoms with Gasteiger partial charge in [0.25, 0.3) is 0 Å². The summed E-state index contributed by atoms with van der Waals surface area (Å²) in [5.74, 6) is 0.789. The van der Waals surface area contributed by atoms with Crippen LogP contribution in [0.5, 0.6) is 17.2 Å². The average Bonchev–Trinajstić information content (AvgIpc) is 2.20. The Balaban J connectivity index is 0.000000461. The SMILES string of the molecule is C=C.Oc1cc(O)c2c(c1)OCCC2. The smallest absolute Gasteiger partial charge is 0.129 e. The predicted molar refractivity (Wildman–Crippen MR) is 54.8 cm³/mol. The standard InChI is InChI=1S/C9H10O3.C2H4/c10-6-4-8(11)7-2-1-3-12-9(7)5-6;1-2/h4-5,10-11H,1-3H2;1-2H2. The molecule has 0 amide bonds. The second-order valence-corrected chi connectivity index (χ2v) is 2.89. The van der Waals surface area contributed by atoms with Gasteiger partial charge in [0, 0.05) is 17.7 Å². The fourth-order valence-electron chi connectivity index (χ4n) is 1.43. The first kappa shape index (κ1) is 10.4. The van der Waals surface area contributed by atoms with E-state index < -0.39 is 0 Å². The Kier molecular flexibility index (Phi) is 3.40. The molecule has 0 aromatic heterocycles. The van der Waals surface area contributed by atoms with Gasteiger partial charge in [0.2, 0.25) is 0 Å². The van der Waals surface area contributed by atoms with Crippen molar-refractivity contribution in [2.45, 2.75) is 12.8 Å². The summed E-state index contributed by atoms with van der Waals surface area (Å²) in [6, 6.07) is 2.88. The fraction of sp³-hybridized carbons (Fsp3) is 0.273. The molecule has 0 bridgehead atoms. The van der Waals surface area contributed by atoms with Gasteiger partial charge in [-0.3, -0.25) is 0 Å². The topological polar surface area (TPSA) is 49.7 Å². The molecule has 1 aromatic rings. The number of phenols is 2. The minimum Gasteiger partial charge on any atom is -0.508 e. The molecule has 1 aliphatic heterocycles. The molecule has 3 nitrogen and oxygen atoms in total. The highest BCUT2D eigenvalue weighted by Gasteiger charge is 2.15. The number of rotatable bonds is 0. The van der Waals surface area contributed by atoms with Crippen LogP contribution in [0, 0.1) is 0 Å². The molecule has 2 N–H and O–H groups in total. The highest BCUT2D eigenvalue weighted by Crippen LogP contribution is 2.35. The van der Waals surface area contributed by atoms with E-state index in [1.54, 1.807) is 0 Å². The molecule has 14 heavy (non-hydrogen) atoms. The zero-order valence-electron chi connectivity index (χ0n) is 7.99. The summed E-state index contributed by atoms with van der Waals surface area (Å²) in [6.07, 6.45) is 1.74. The lowest BCUT2D eigenvalue weighted by molar-refractivity contribution is 0.281. The number of hydrogen-bond acceptors (Lipinski definition) is 3. The molecule has 1 heterocycles. The molecule has 3 heteroatoms. The molecule has 1 aromatic carbocycles. The minimum atomic E-state index is 0.0492. The van der Waals surface area contributed by atoms with Crippen molar-refractivity contribution in [1.29, 1.82) is 0 Å². The van der Waals surface area contributed by atoms with Crippen LogP contribution in [-0.2, 0) is 6.42 Å². The lowest BCUT2D eigenvalue weighted by atomic mass is 10.1. The molecule has 76 valence electrons. The third-order valence-electron chi connectivity index (χ3n) is 2.00. The Bertz CT molecular complexity index is 321. The van der Waals surface area contributed by atoms with Gasteiger partial charge in [-0.2, -0.15) is 0 Å². The van der Waals surface area contributed by atoms with Gasteiger partial charge in [0.1, 0.15) is 17.2 Å². The Morgan fingerprint density at radius 3 is 2.64 bits per heavy atom.